The van der Waals surface area contributed by atoms with E-state index >= 15 is 0 Å². The number of aromatic nitrogens is 1. The lowest BCUT2D eigenvalue weighted by Gasteiger charge is -2.18. The molecule has 1 saturated heterocycles. The maximum absolute atomic E-state index is 12.9. The van der Waals surface area contributed by atoms with Crippen molar-refractivity contribution in [2.45, 2.75) is 12.5 Å². The Morgan fingerprint density at radius 2 is 2.08 bits per heavy atom. The molecule has 3 rings (SSSR count). The molecule has 0 aliphatic carbocycles. The van der Waals surface area contributed by atoms with Crippen LogP contribution in [-0.4, -0.2) is 35.1 Å². The number of nitrogens with one attached hydrogen (secondary N) is 2. The van der Waals surface area contributed by atoms with E-state index in [-0.39, 0.29) is 17.5 Å². The molecule has 0 spiro atoms. The molecule has 1 aliphatic heterocycles. The molecule has 2 amide bonds. The fraction of sp³-hybridized carbons (Fsp3) is 0.250. The van der Waals surface area contributed by atoms with Gasteiger partial charge in [-0.25, -0.2) is 14.2 Å². The molecule has 1 aliphatic rings. The van der Waals surface area contributed by atoms with E-state index in [1.807, 2.05) is 0 Å². The first kappa shape index (κ1) is 16.6. The number of amides is 2. The molecule has 9 heteroatoms. The van der Waals surface area contributed by atoms with Gasteiger partial charge in [-0.3, -0.25) is 10.1 Å². The molecule has 0 saturated carbocycles. The maximum Gasteiger partial charge on any atom is 0.319 e. The third-order valence-electron chi connectivity index (χ3n) is 3.89. The standard InChI is InChI=1S/C16H16FN5O3/c17-11-3-5-12(6-4-11)19-16(23)20-13-7-9-21(10-13)15-14(22(24)25)2-1-8-18-15/h1-6,8,13H,7,9-10H2,(H2,19,20,23)/t13-/m1/s1. The molecule has 0 bridgehead atoms. The van der Waals surface area contributed by atoms with Crippen molar-refractivity contribution >= 4 is 23.2 Å². The largest absolute Gasteiger partial charge is 0.349 e. The molecule has 2 N–H and O–H groups in total. The van der Waals surface area contributed by atoms with Crippen LogP contribution in [0.1, 0.15) is 6.42 Å². The van der Waals surface area contributed by atoms with Crippen LogP contribution in [0.3, 0.4) is 0 Å². The molecule has 0 radical (unpaired) electrons. The van der Waals surface area contributed by atoms with Crippen molar-refractivity contribution in [1.82, 2.24) is 10.3 Å². The predicted molar refractivity (Wildman–Crippen MR) is 90.1 cm³/mol. The number of halogens is 1. The first-order valence-corrected chi connectivity index (χ1v) is 7.70. The Labute approximate surface area is 142 Å². The van der Waals surface area contributed by atoms with Crippen molar-refractivity contribution < 1.29 is 14.1 Å². The summed E-state index contributed by atoms with van der Waals surface area (Å²) in [7, 11) is 0. The minimum atomic E-state index is -0.468. The van der Waals surface area contributed by atoms with Gasteiger partial charge in [-0.1, -0.05) is 0 Å². The number of hydrogen-bond donors (Lipinski definition) is 2. The normalized spacial score (nSPS) is 16.5. The number of benzene rings is 1. The highest BCUT2D eigenvalue weighted by Gasteiger charge is 2.29. The van der Waals surface area contributed by atoms with Gasteiger partial charge in [-0.2, -0.15) is 0 Å². The van der Waals surface area contributed by atoms with Gasteiger partial charge < -0.3 is 15.5 Å². The van der Waals surface area contributed by atoms with Crippen LogP contribution in [0.4, 0.5) is 26.4 Å². The topological polar surface area (TPSA) is 100 Å². The number of pyridine rings is 1. The van der Waals surface area contributed by atoms with E-state index in [2.05, 4.69) is 15.6 Å². The monoisotopic (exact) mass is 345 g/mol. The van der Waals surface area contributed by atoms with Crippen LogP contribution in [0.15, 0.2) is 42.6 Å². The number of hydrogen-bond acceptors (Lipinski definition) is 5. The van der Waals surface area contributed by atoms with Gasteiger partial charge in [0, 0.05) is 37.1 Å². The summed E-state index contributed by atoms with van der Waals surface area (Å²) in [6.07, 6.45) is 2.15. The van der Waals surface area contributed by atoms with E-state index in [1.54, 1.807) is 4.90 Å². The van der Waals surface area contributed by atoms with Crippen LogP contribution >= 0.6 is 0 Å². The lowest BCUT2D eigenvalue weighted by molar-refractivity contribution is -0.384. The first-order valence-electron chi connectivity index (χ1n) is 7.70. The Kier molecular flexibility index (Phi) is 4.73. The first-order chi connectivity index (χ1) is 12.0. The molecular weight excluding hydrogens is 329 g/mol. The molecule has 25 heavy (non-hydrogen) atoms. The van der Waals surface area contributed by atoms with Crippen LogP contribution in [0.2, 0.25) is 0 Å². The Hall–Kier alpha value is -3.23. The molecule has 1 aromatic heterocycles. The number of rotatable bonds is 4. The molecule has 1 fully saturated rings. The number of carbonyl (C=O) groups is 1. The molecule has 2 aromatic rings. The van der Waals surface area contributed by atoms with E-state index in [4.69, 9.17) is 0 Å². The molecule has 1 atom stereocenters. The van der Waals surface area contributed by atoms with Crippen molar-refractivity contribution in [3.63, 3.8) is 0 Å². The number of anilines is 2. The average Bonchev–Trinajstić information content (AvgIpc) is 3.05. The Morgan fingerprint density at radius 3 is 2.80 bits per heavy atom. The quantitative estimate of drug-likeness (QED) is 0.655. The van der Waals surface area contributed by atoms with Crippen molar-refractivity contribution in [2.24, 2.45) is 0 Å². The highest BCUT2D eigenvalue weighted by Crippen LogP contribution is 2.27. The second-order valence-corrected chi connectivity index (χ2v) is 5.64. The van der Waals surface area contributed by atoms with Crippen molar-refractivity contribution in [3.05, 3.63) is 58.5 Å². The summed E-state index contributed by atoms with van der Waals surface area (Å²) in [5, 5.41) is 16.5. The van der Waals surface area contributed by atoms with Crippen LogP contribution < -0.4 is 15.5 Å². The highest BCUT2D eigenvalue weighted by atomic mass is 19.1. The summed E-state index contributed by atoms with van der Waals surface area (Å²) in [5.41, 5.74) is 0.424. The minimum absolute atomic E-state index is 0.0566. The number of nitro groups is 1. The van der Waals surface area contributed by atoms with E-state index in [9.17, 15) is 19.3 Å². The van der Waals surface area contributed by atoms with Crippen LogP contribution in [0, 0.1) is 15.9 Å². The van der Waals surface area contributed by atoms with Crippen LogP contribution in [0.5, 0.6) is 0 Å². The van der Waals surface area contributed by atoms with E-state index in [0.29, 0.717) is 31.0 Å². The fourth-order valence-corrected chi connectivity index (χ4v) is 2.73. The van der Waals surface area contributed by atoms with Gasteiger partial charge in [0.1, 0.15) is 5.82 Å². The summed E-state index contributed by atoms with van der Waals surface area (Å²) in [6.45, 7) is 0.980. The summed E-state index contributed by atoms with van der Waals surface area (Å²) in [5.74, 6) is -0.0786. The molecule has 0 unspecified atom stereocenters. The molecule has 2 heterocycles. The third kappa shape index (κ3) is 4.00. The van der Waals surface area contributed by atoms with Gasteiger partial charge in [0.25, 0.3) is 0 Å². The SMILES string of the molecule is O=C(Nc1ccc(F)cc1)N[C@@H]1CCN(c2ncccc2[N+](=O)[O-])C1. The Balaban J connectivity index is 1.59. The van der Waals surface area contributed by atoms with Crippen LogP contribution in [-0.2, 0) is 0 Å². The average molecular weight is 345 g/mol. The van der Waals surface area contributed by atoms with Gasteiger partial charge in [0.2, 0.25) is 5.82 Å². The lowest BCUT2D eigenvalue weighted by atomic mass is 10.2. The van der Waals surface area contributed by atoms with Crippen molar-refractivity contribution in [3.8, 4) is 0 Å². The number of urea groups is 1. The van der Waals surface area contributed by atoms with Gasteiger partial charge >= 0.3 is 11.7 Å². The molecule has 8 nitrogen and oxygen atoms in total. The molecule has 130 valence electrons. The second-order valence-electron chi connectivity index (χ2n) is 5.64. The van der Waals surface area contributed by atoms with Crippen molar-refractivity contribution in [2.75, 3.05) is 23.3 Å². The minimum Gasteiger partial charge on any atom is -0.349 e. The number of nitrogens with zero attached hydrogens (tertiary/aromatic N) is 3. The number of carbonyl (C=O) groups excluding carboxylic acids is 1. The van der Waals surface area contributed by atoms with Gasteiger partial charge in [0.05, 0.1) is 4.92 Å². The fourth-order valence-electron chi connectivity index (χ4n) is 2.73. The van der Waals surface area contributed by atoms with E-state index in [0.717, 1.165) is 0 Å². The third-order valence-corrected chi connectivity index (χ3v) is 3.89. The highest BCUT2D eigenvalue weighted by molar-refractivity contribution is 5.89. The van der Waals surface area contributed by atoms with Gasteiger partial charge in [-0.05, 0) is 36.8 Å². The summed E-state index contributed by atoms with van der Waals surface area (Å²) in [6, 6.07) is 7.80. The molecular formula is C16H16FN5O3. The van der Waals surface area contributed by atoms with Gasteiger partial charge in [-0.15, -0.1) is 0 Å². The zero-order valence-corrected chi connectivity index (χ0v) is 13.2. The summed E-state index contributed by atoms with van der Waals surface area (Å²) in [4.78, 5) is 28.5. The van der Waals surface area contributed by atoms with E-state index < -0.39 is 11.0 Å². The lowest BCUT2D eigenvalue weighted by Crippen LogP contribution is -2.39. The maximum atomic E-state index is 12.9. The van der Waals surface area contributed by atoms with Gasteiger partial charge in [0.15, 0.2) is 0 Å². The molecule has 1 aromatic carbocycles. The van der Waals surface area contributed by atoms with Crippen molar-refractivity contribution in [1.29, 1.82) is 0 Å². The zero-order chi connectivity index (χ0) is 17.8. The van der Waals surface area contributed by atoms with Crippen LogP contribution in [0.25, 0.3) is 0 Å². The van der Waals surface area contributed by atoms with E-state index in [1.165, 1.54) is 42.6 Å². The second kappa shape index (κ2) is 7.12. The summed E-state index contributed by atoms with van der Waals surface area (Å²) < 4.78 is 12.9. The predicted octanol–water partition coefficient (Wildman–Crippen LogP) is 2.53. The Morgan fingerprint density at radius 1 is 1.32 bits per heavy atom. The zero-order valence-electron chi connectivity index (χ0n) is 13.2. The smallest absolute Gasteiger partial charge is 0.319 e. The summed E-state index contributed by atoms with van der Waals surface area (Å²) >= 11 is 0. The Bertz CT molecular complexity index is 784.